The first-order chi connectivity index (χ1) is 10.2. The highest BCUT2D eigenvalue weighted by molar-refractivity contribution is 7.13. The van der Waals surface area contributed by atoms with Crippen molar-refractivity contribution in [3.8, 4) is 0 Å². The van der Waals surface area contributed by atoms with Crippen LogP contribution in [-0.4, -0.2) is 39.0 Å². The number of amides is 1. The molecule has 3 heterocycles. The van der Waals surface area contributed by atoms with E-state index in [4.69, 9.17) is 4.52 Å². The zero-order valence-electron chi connectivity index (χ0n) is 11.8. The van der Waals surface area contributed by atoms with E-state index in [1.54, 1.807) is 13.1 Å². The van der Waals surface area contributed by atoms with Gasteiger partial charge in [-0.1, -0.05) is 11.6 Å². The molecule has 0 bridgehead atoms. The standard InChI is InChI=1S/C13H17N5O2S/c1-9-15-12(20-17-9)10-4-2-3-6-18(10)8-11(19)16-13-14-5-7-21-13/h5,7,10H,2-4,6,8H2,1H3,(H,14,16,19)/t10-/m1/s1. The van der Waals surface area contributed by atoms with Gasteiger partial charge in [0.25, 0.3) is 0 Å². The summed E-state index contributed by atoms with van der Waals surface area (Å²) < 4.78 is 5.28. The van der Waals surface area contributed by atoms with Gasteiger partial charge in [0.15, 0.2) is 11.0 Å². The third-order valence-corrected chi connectivity index (χ3v) is 4.16. The van der Waals surface area contributed by atoms with E-state index in [0.717, 1.165) is 25.8 Å². The summed E-state index contributed by atoms with van der Waals surface area (Å²) in [7, 11) is 0. The smallest absolute Gasteiger partial charge is 0.243 e. The third kappa shape index (κ3) is 3.45. The molecule has 0 spiro atoms. The predicted molar refractivity (Wildman–Crippen MR) is 77.9 cm³/mol. The van der Waals surface area contributed by atoms with Crippen LogP contribution >= 0.6 is 11.3 Å². The maximum atomic E-state index is 12.1. The number of aromatic nitrogens is 3. The van der Waals surface area contributed by atoms with Crippen LogP contribution in [0.1, 0.15) is 37.0 Å². The second-order valence-electron chi connectivity index (χ2n) is 5.05. The number of anilines is 1. The summed E-state index contributed by atoms with van der Waals surface area (Å²) in [4.78, 5) is 22.6. The van der Waals surface area contributed by atoms with Gasteiger partial charge in [-0.3, -0.25) is 9.69 Å². The Morgan fingerprint density at radius 2 is 2.48 bits per heavy atom. The average molecular weight is 307 g/mol. The molecule has 1 N–H and O–H groups in total. The molecule has 1 saturated heterocycles. The molecule has 8 heteroatoms. The lowest BCUT2D eigenvalue weighted by atomic mass is 10.0. The van der Waals surface area contributed by atoms with E-state index in [2.05, 4.69) is 25.3 Å². The lowest BCUT2D eigenvalue weighted by Gasteiger charge is -2.32. The lowest BCUT2D eigenvalue weighted by Crippen LogP contribution is -2.39. The molecule has 1 atom stereocenters. The quantitative estimate of drug-likeness (QED) is 0.930. The lowest BCUT2D eigenvalue weighted by molar-refractivity contribution is -0.118. The Bertz CT molecular complexity index is 597. The number of carbonyl (C=O) groups excluding carboxylic acids is 1. The first-order valence-corrected chi connectivity index (χ1v) is 7.84. The van der Waals surface area contributed by atoms with Crippen molar-refractivity contribution >= 4 is 22.4 Å². The Hall–Kier alpha value is -1.80. The van der Waals surface area contributed by atoms with Crippen LogP contribution in [0.4, 0.5) is 5.13 Å². The Balaban J connectivity index is 1.65. The summed E-state index contributed by atoms with van der Waals surface area (Å²) in [5.74, 6) is 1.17. The SMILES string of the molecule is Cc1noc([C@H]2CCCCN2CC(=O)Nc2nccs2)n1. The Morgan fingerprint density at radius 1 is 1.57 bits per heavy atom. The van der Waals surface area contributed by atoms with Crippen molar-refractivity contribution in [2.45, 2.75) is 32.2 Å². The van der Waals surface area contributed by atoms with Crippen LogP contribution in [0.2, 0.25) is 0 Å². The van der Waals surface area contributed by atoms with Gasteiger partial charge in [0.2, 0.25) is 11.8 Å². The normalized spacial score (nSPS) is 19.6. The van der Waals surface area contributed by atoms with Gasteiger partial charge in [-0.05, 0) is 26.3 Å². The van der Waals surface area contributed by atoms with Crippen molar-refractivity contribution in [3.63, 3.8) is 0 Å². The summed E-state index contributed by atoms with van der Waals surface area (Å²) in [5, 5.41) is 9.11. The van der Waals surface area contributed by atoms with Crippen molar-refractivity contribution in [1.29, 1.82) is 0 Å². The fourth-order valence-electron chi connectivity index (χ4n) is 2.54. The summed E-state index contributed by atoms with van der Waals surface area (Å²) in [6.07, 6.45) is 4.79. The zero-order chi connectivity index (χ0) is 14.7. The topological polar surface area (TPSA) is 84.2 Å². The van der Waals surface area contributed by atoms with Crippen molar-refractivity contribution < 1.29 is 9.32 Å². The van der Waals surface area contributed by atoms with E-state index < -0.39 is 0 Å². The molecule has 2 aromatic heterocycles. The van der Waals surface area contributed by atoms with Crippen LogP contribution in [0.5, 0.6) is 0 Å². The van der Waals surface area contributed by atoms with Gasteiger partial charge < -0.3 is 9.84 Å². The van der Waals surface area contributed by atoms with Gasteiger partial charge in [-0.2, -0.15) is 4.98 Å². The van der Waals surface area contributed by atoms with Crippen molar-refractivity contribution in [2.75, 3.05) is 18.4 Å². The Kier molecular flexibility index (Phi) is 4.26. The Morgan fingerprint density at radius 3 is 3.19 bits per heavy atom. The number of thiazole rings is 1. The molecule has 1 fully saturated rings. The third-order valence-electron chi connectivity index (χ3n) is 3.47. The van der Waals surface area contributed by atoms with E-state index in [0.29, 0.717) is 23.4 Å². The van der Waals surface area contributed by atoms with E-state index in [1.807, 2.05) is 5.38 Å². The minimum atomic E-state index is -0.0620. The van der Waals surface area contributed by atoms with Crippen molar-refractivity contribution in [1.82, 2.24) is 20.0 Å². The molecule has 1 aliphatic rings. The summed E-state index contributed by atoms with van der Waals surface area (Å²) in [6.45, 7) is 2.97. The summed E-state index contributed by atoms with van der Waals surface area (Å²) >= 11 is 1.41. The van der Waals surface area contributed by atoms with E-state index in [9.17, 15) is 4.79 Å². The minimum absolute atomic E-state index is 0.0296. The average Bonchev–Trinajstić information content (AvgIpc) is 3.11. The molecule has 21 heavy (non-hydrogen) atoms. The second kappa shape index (κ2) is 6.31. The number of carbonyl (C=O) groups is 1. The molecular weight excluding hydrogens is 290 g/mol. The zero-order valence-corrected chi connectivity index (χ0v) is 12.6. The van der Waals surface area contributed by atoms with Gasteiger partial charge in [0.1, 0.15) is 0 Å². The number of hydrogen-bond donors (Lipinski definition) is 1. The van der Waals surface area contributed by atoms with Crippen LogP contribution in [0.3, 0.4) is 0 Å². The van der Waals surface area contributed by atoms with Crippen LogP contribution in [-0.2, 0) is 4.79 Å². The number of piperidine rings is 1. The van der Waals surface area contributed by atoms with Gasteiger partial charge in [0, 0.05) is 11.6 Å². The monoisotopic (exact) mass is 307 g/mol. The molecule has 112 valence electrons. The second-order valence-corrected chi connectivity index (χ2v) is 5.94. The largest absolute Gasteiger partial charge is 0.338 e. The maximum Gasteiger partial charge on any atom is 0.243 e. The highest BCUT2D eigenvalue weighted by Gasteiger charge is 2.29. The molecule has 1 aliphatic heterocycles. The summed E-state index contributed by atoms with van der Waals surface area (Å²) in [6, 6.07) is 0.0296. The van der Waals surface area contributed by atoms with Crippen LogP contribution in [0.15, 0.2) is 16.1 Å². The molecule has 7 nitrogen and oxygen atoms in total. The van der Waals surface area contributed by atoms with E-state index in [-0.39, 0.29) is 11.9 Å². The number of hydrogen-bond acceptors (Lipinski definition) is 7. The molecular formula is C13H17N5O2S. The number of aryl methyl sites for hydroxylation is 1. The predicted octanol–water partition coefficient (Wildman–Crippen LogP) is 2.00. The number of nitrogens with zero attached hydrogens (tertiary/aromatic N) is 4. The van der Waals surface area contributed by atoms with Gasteiger partial charge in [-0.15, -0.1) is 11.3 Å². The number of rotatable bonds is 4. The first kappa shape index (κ1) is 14.2. The highest BCUT2D eigenvalue weighted by Crippen LogP contribution is 2.29. The van der Waals surface area contributed by atoms with E-state index in [1.165, 1.54) is 11.3 Å². The number of nitrogens with one attached hydrogen (secondary N) is 1. The van der Waals surface area contributed by atoms with Crippen molar-refractivity contribution in [3.05, 3.63) is 23.3 Å². The van der Waals surface area contributed by atoms with E-state index >= 15 is 0 Å². The fraction of sp³-hybridized carbons (Fsp3) is 0.538. The van der Waals surface area contributed by atoms with Gasteiger partial charge in [0.05, 0.1) is 12.6 Å². The molecule has 0 radical (unpaired) electrons. The molecule has 0 saturated carbocycles. The summed E-state index contributed by atoms with van der Waals surface area (Å²) in [5.41, 5.74) is 0. The fourth-order valence-corrected chi connectivity index (χ4v) is 3.08. The molecule has 3 rings (SSSR count). The maximum absolute atomic E-state index is 12.1. The highest BCUT2D eigenvalue weighted by atomic mass is 32.1. The number of likely N-dealkylation sites (tertiary alicyclic amines) is 1. The van der Waals surface area contributed by atoms with Crippen LogP contribution in [0.25, 0.3) is 0 Å². The Labute approximate surface area is 126 Å². The minimum Gasteiger partial charge on any atom is -0.338 e. The van der Waals surface area contributed by atoms with Crippen LogP contribution < -0.4 is 5.32 Å². The van der Waals surface area contributed by atoms with Crippen molar-refractivity contribution in [2.24, 2.45) is 0 Å². The van der Waals surface area contributed by atoms with Gasteiger partial charge in [-0.25, -0.2) is 4.98 Å². The molecule has 0 unspecified atom stereocenters. The molecule has 1 amide bonds. The first-order valence-electron chi connectivity index (χ1n) is 6.96. The van der Waals surface area contributed by atoms with Gasteiger partial charge >= 0.3 is 0 Å². The molecule has 2 aromatic rings. The molecule has 0 aromatic carbocycles. The molecule has 0 aliphatic carbocycles. The van der Waals surface area contributed by atoms with Crippen LogP contribution in [0, 0.1) is 6.92 Å².